The van der Waals surface area contributed by atoms with Gasteiger partial charge in [-0.3, -0.25) is 14.5 Å². The van der Waals surface area contributed by atoms with E-state index >= 15 is 0 Å². The van der Waals surface area contributed by atoms with Crippen molar-refractivity contribution in [3.8, 4) is 5.75 Å². The third-order valence-corrected chi connectivity index (χ3v) is 3.62. The Morgan fingerprint density at radius 1 is 1.44 bits per heavy atom. The highest BCUT2D eigenvalue weighted by Crippen LogP contribution is 2.22. The zero-order valence-electron chi connectivity index (χ0n) is 15.5. The van der Waals surface area contributed by atoms with E-state index in [1.807, 2.05) is 19.9 Å². The summed E-state index contributed by atoms with van der Waals surface area (Å²) in [5.41, 5.74) is 2.42. The predicted molar refractivity (Wildman–Crippen MR) is 96.6 cm³/mol. The van der Waals surface area contributed by atoms with Crippen molar-refractivity contribution in [2.24, 2.45) is 0 Å². The number of carboxylic acid groups (broad SMARTS) is 1. The molecule has 1 aromatic carbocycles. The van der Waals surface area contributed by atoms with E-state index < -0.39 is 0 Å². The van der Waals surface area contributed by atoms with E-state index in [0.29, 0.717) is 13.2 Å². The molecule has 7 heteroatoms. The Balaban J connectivity index is 0.000000970. The van der Waals surface area contributed by atoms with Crippen molar-refractivity contribution in [1.82, 2.24) is 15.1 Å². The molecular weight excluding hydrogens is 322 g/mol. The monoisotopic (exact) mass is 351 g/mol. The average molecular weight is 351 g/mol. The van der Waals surface area contributed by atoms with Gasteiger partial charge in [-0.1, -0.05) is 6.07 Å². The third kappa shape index (κ3) is 7.53. The molecule has 1 amide bonds. The molecule has 1 heterocycles. The molecule has 140 valence electrons. The van der Waals surface area contributed by atoms with E-state index in [2.05, 4.69) is 41.3 Å². The number of hydrogen-bond acceptors (Lipinski definition) is 5. The van der Waals surface area contributed by atoms with E-state index in [9.17, 15) is 4.79 Å². The number of amides is 1. The second kappa shape index (κ2) is 10.7. The quantitative estimate of drug-likeness (QED) is 0.749. The summed E-state index contributed by atoms with van der Waals surface area (Å²) in [6, 6.07) is 6.56. The lowest BCUT2D eigenvalue weighted by Gasteiger charge is -2.31. The van der Waals surface area contributed by atoms with Gasteiger partial charge in [0.2, 0.25) is 5.91 Å². The normalized spacial score (nSPS) is 17.5. The SMILES string of the molecule is CCOc1ccc(CN2CC(=O)N[C@H](C)C2)cc1CN(C)C.O=CO. The lowest BCUT2D eigenvalue weighted by Crippen LogP contribution is -2.52. The van der Waals surface area contributed by atoms with Crippen molar-refractivity contribution in [1.29, 1.82) is 0 Å². The van der Waals surface area contributed by atoms with Gasteiger partial charge in [0.1, 0.15) is 5.75 Å². The number of nitrogens with zero attached hydrogens (tertiary/aromatic N) is 2. The fraction of sp³-hybridized carbons (Fsp3) is 0.556. The molecule has 0 spiro atoms. The van der Waals surface area contributed by atoms with Crippen molar-refractivity contribution < 1.29 is 19.4 Å². The van der Waals surface area contributed by atoms with Crippen molar-refractivity contribution in [3.63, 3.8) is 0 Å². The zero-order valence-corrected chi connectivity index (χ0v) is 15.5. The highest BCUT2D eigenvalue weighted by atomic mass is 16.5. The Bertz CT molecular complexity index is 563. The summed E-state index contributed by atoms with van der Waals surface area (Å²) < 4.78 is 5.71. The minimum Gasteiger partial charge on any atom is -0.494 e. The van der Waals surface area contributed by atoms with Crippen molar-refractivity contribution in [2.75, 3.05) is 33.8 Å². The lowest BCUT2D eigenvalue weighted by atomic mass is 10.1. The largest absolute Gasteiger partial charge is 0.494 e. The molecule has 0 saturated carbocycles. The number of carbonyl (C=O) groups is 2. The minimum atomic E-state index is -0.250. The first kappa shape index (κ1) is 20.9. The fourth-order valence-electron chi connectivity index (χ4n) is 2.89. The molecule has 1 atom stereocenters. The van der Waals surface area contributed by atoms with Crippen molar-refractivity contribution >= 4 is 12.4 Å². The van der Waals surface area contributed by atoms with Crippen LogP contribution in [0.25, 0.3) is 0 Å². The molecule has 0 bridgehead atoms. The molecule has 1 aliphatic heterocycles. The number of rotatable bonds is 6. The Morgan fingerprint density at radius 2 is 2.12 bits per heavy atom. The molecule has 0 aliphatic carbocycles. The second-order valence-electron chi connectivity index (χ2n) is 6.36. The van der Waals surface area contributed by atoms with Gasteiger partial charge in [0.15, 0.2) is 0 Å². The van der Waals surface area contributed by atoms with E-state index in [1.54, 1.807) is 0 Å². The molecule has 0 radical (unpaired) electrons. The van der Waals surface area contributed by atoms with Gasteiger partial charge in [-0.05, 0) is 45.6 Å². The van der Waals surface area contributed by atoms with E-state index in [0.717, 1.165) is 25.4 Å². The number of piperazine rings is 1. The van der Waals surface area contributed by atoms with Crippen LogP contribution in [0.2, 0.25) is 0 Å². The maximum Gasteiger partial charge on any atom is 0.290 e. The summed E-state index contributed by atoms with van der Waals surface area (Å²) in [5.74, 6) is 1.06. The van der Waals surface area contributed by atoms with Crippen LogP contribution in [0.1, 0.15) is 25.0 Å². The summed E-state index contributed by atoms with van der Waals surface area (Å²) in [4.78, 5) is 24.3. The molecule has 1 saturated heterocycles. The zero-order chi connectivity index (χ0) is 18.8. The second-order valence-corrected chi connectivity index (χ2v) is 6.36. The van der Waals surface area contributed by atoms with Gasteiger partial charge in [0, 0.05) is 31.2 Å². The summed E-state index contributed by atoms with van der Waals surface area (Å²) in [6.45, 7) is 7.47. The standard InChI is InChI=1S/C17H27N3O2.CH2O2/c1-5-22-16-7-6-14(8-15(16)11-19(3)4)10-20-9-13(2)18-17(21)12-20;2-1-3/h6-8,13H,5,9-12H2,1-4H3,(H,18,21);1H,(H,2,3)/t13-;/m1./s1. The topological polar surface area (TPSA) is 82.1 Å². The Labute approximate surface area is 149 Å². The number of ether oxygens (including phenoxy) is 1. The minimum absolute atomic E-state index is 0.109. The summed E-state index contributed by atoms with van der Waals surface area (Å²) in [5, 5.41) is 9.84. The Kier molecular flexibility index (Phi) is 8.94. The van der Waals surface area contributed by atoms with Crippen LogP contribution in [-0.4, -0.2) is 67.1 Å². The third-order valence-electron chi connectivity index (χ3n) is 3.62. The molecule has 0 unspecified atom stereocenters. The van der Waals surface area contributed by atoms with Gasteiger partial charge in [-0.25, -0.2) is 0 Å². The van der Waals surface area contributed by atoms with Crippen LogP contribution in [0, 0.1) is 0 Å². The molecule has 2 N–H and O–H groups in total. The fourth-order valence-corrected chi connectivity index (χ4v) is 2.89. The summed E-state index contributed by atoms with van der Waals surface area (Å²) in [6.07, 6.45) is 0. The van der Waals surface area contributed by atoms with Crippen LogP contribution in [0.4, 0.5) is 0 Å². The molecule has 25 heavy (non-hydrogen) atoms. The van der Waals surface area contributed by atoms with Gasteiger partial charge < -0.3 is 20.1 Å². The smallest absolute Gasteiger partial charge is 0.290 e. The van der Waals surface area contributed by atoms with E-state index in [4.69, 9.17) is 14.6 Å². The van der Waals surface area contributed by atoms with Crippen LogP contribution >= 0.6 is 0 Å². The first-order valence-electron chi connectivity index (χ1n) is 8.38. The van der Waals surface area contributed by atoms with Crippen LogP contribution in [0.15, 0.2) is 18.2 Å². The molecule has 1 aliphatic rings. The molecule has 1 aromatic rings. The van der Waals surface area contributed by atoms with Gasteiger partial charge in [0.05, 0.1) is 13.2 Å². The maximum atomic E-state index is 11.6. The lowest BCUT2D eigenvalue weighted by molar-refractivity contribution is -0.125. The van der Waals surface area contributed by atoms with Gasteiger partial charge in [0.25, 0.3) is 6.47 Å². The number of carbonyl (C=O) groups excluding carboxylic acids is 1. The highest BCUT2D eigenvalue weighted by Gasteiger charge is 2.21. The van der Waals surface area contributed by atoms with Gasteiger partial charge >= 0.3 is 0 Å². The summed E-state index contributed by atoms with van der Waals surface area (Å²) >= 11 is 0. The average Bonchev–Trinajstić information content (AvgIpc) is 2.49. The van der Waals surface area contributed by atoms with Crippen LogP contribution < -0.4 is 10.1 Å². The molecule has 1 fully saturated rings. The van der Waals surface area contributed by atoms with Crippen LogP contribution in [-0.2, 0) is 22.7 Å². The van der Waals surface area contributed by atoms with Crippen LogP contribution in [0.3, 0.4) is 0 Å². The number of nitrogens with one attached hydrogen (secondary N) is 1. The first-order valence-corrected chi connectivity index (χ1v) is 8.38. The molecule has 0 aromatic heterocycles. The summed E-state index contributed by atoms with van der Waals surface area (Å²) in [7, 11) is 4.11. The Hall–Kier alpha value is -2.12. The first-order chi connectivity index (χ1) is 11.9. The van der Waals surface area contributed by atoms with E-state index in [1.165, 1.54) is 11.1 Å². The van der Waals surface area contributed by atoms with Crippen molar-refractivity contribution in [3.05, 3.63) is 29.3 Å². The Morgan fingerprint density at radius 3 is 2.68 bits per heavy atom. The maximum absolute atomic E-state index is 11.6. The molecular formula is C18H29N3O4. The molecule has 2 rings (SSSR count). The van der Waals surface area contributed by atoms with E-state index in [-0.39, 0.29) is 18.4 Å². The van der Waals surface area contributed by atoms with Gasteiger partial charge in [-0.15, -0.1) is 0 Å². The van der Waals surface area contributed by atoms with Crippen molar-refractivity contribution in [2.45, 2.75) is 33.0 Å². The van der Waals surface area contributed by atoms with Gasteiger partial charge in [-0.2, -0.15) is 0 Å². The predicted octanol–water partition coefficient (Wildman–Crippen LogP) is 1.17. The number of benzene rings is 1. The highest BCUT2D eigenvalue weighted by molar-refractivity contribution is 5.79. The van der Waals surface area contributed by atoms with Crippen LogP contribution in [0.5, 0.6) is 5.75 Å². The molecule has 7 nitrogen and oxygen atoms in total. The number of hydrogen-bond donors (Lipinski definition) is 2.